The number of esters is 1. The van der Waals surface area contributed by atoms with Crippen molar-refractivity contribution in [2.45, 2.75) is 18.5 Å². The van der Waals surface area contributed by atoms with Gasteiger partial charge in [-0.05, 0) is 19.1 Å². The smallest absolute Gasteiger partial charge is 0.373 e. The van der Waals surface area contributed by atoms with E-state index >= 15 is 0 Å². The molecule has 0 unspecified atom stereocenters. The van der Waals surface area contributed by atoms with E-state index in [1.54, 1.807) is 48.6 Å². The Morgan fingerprint density at radius 1 is 1.10 bits per heavy atom. The van der Waals surface area contributed by atoms with Crippen molar-refractivity contribution in [3.8, 4) is 0 Å². The average Bonchev–Trinajstić information content (AvgIpc) is 3.20. The van der Waals surface area contributed by atoms with Gasteiger partial charge in [-0.15, -0.1) is 0 Å². The Morgan fingerprint density at radius 2 is 1.76 bits per heavy atom. The van der Waals surface area contributed by atoms with Crippen molar-refractivity contribution < 1.29 is 28.8 Å². The maximum absolute atomic E-state index is 13.5. The third-order valence-electron chi connectivity index (χ3n) is 6.01. The predicted octanol–water partition coefficient (Wildman–Crippen LogP) is 1.13. The number of benzene rings is 2. The number of imide groups is 1. The molecule has 0 bridgehead atoms. The number of nitrogens with zero attached hydrogens (tertiary/aromatic N) is 1. The number of amides is 2. The lowest BCUT2D eigenvalue weighted by molar-refractivity contribution is -0.742. The molecular weight excluding hydrogens is 375 g/mol. The molecule has 2 aromatic rings. The summed E-state index contributed by atoms with van der Waals surface area (Å²) >= 11 is 0. The average molecular weight is 397 g/mol. The molecule has 2 aliphatic heterocycles. The van der Waals surface area contributed by atoms with Crippen LogP contribution < -0.4 is 5.32 Å². The van der Waals surface area contributed by atoms with E-state index in [-0.39, 0.29) is 12.5 Å². The Hall–Kier alpha value is -3.06. The van der Waals surface area contributed by atoms with E-state index in [9.17, 15) is 18.8 Å². The molecule has 0 radical (unpaired) electrons. The third-order valence-corrected chi connectivity index (χ3v) is 6.01. The Balaban J connectivity index is 1.93. The molecule has 2 aliphatic rings. The molecule has 2 aromatic carbocycles. The van der Waals surface area contributed by atoms with Crippen molar-refractivity contribution in [1.29, 1.82) is 0 Å². The van der Waals surface area contributed by atoms with Gasteiger partial charge in [0, 0.05) is 18.2 Å². The van der Waals surface area contributed by atoms with Crippen LogP contribution >= 0.6 is 0 Å². The fraction of sp³-hybridized carbons (Fsp3) is 0.318. The van der Waals surface area contributed by atoms with E-state index in [0.717, 1.165) is 4.90 Å². The van der Waals surface area contributed by atoms with Crippen LogP contribution in [0.3, 0.4) is 0 Å². The predicted molar refractivity (Wildman–Crippen MR) is 101 cm³/mol. The molecule has 29 heavy (non-hydrogen) atoms. The molecule has 6 nitrogen and oxygen atoms in total. The second kappa shape index (κ2) is 7.08. The van der Waals surface area contributed by atoms with Crippen molar-refractivity contribution in [2.24, 2.45) is 11.8 Å². The lowest BCUT2D eigenvalue weighted by Gasteiger charge is -2.29. The van der Waals surface area contributed by atoms with Gasteiger partial charge in [0.2, 0.25) is 17.4 Å². The van der Waals surface area contributed by atoms with Gasteiger partial charge in [0.05, 0.1) is 6.61 Å². The number of quaternary nitrogens is 1. The number of halogens is 1. The molecule has 2 fully saturated rings. The molecule has 2 N–H and O–H groups in total. The van der Waals surface area contributed by atoms with Gasteiger partial charge in [0.25, 0.3) is 0 Å². The Labute approximate surface area is 167 Å². The van der Waals surface area contributed by atoms with Gasteiger partial charge in [-0.2, -0.15) is 0 Å². The normalized spacial score (nSPS) is 28.5. The Morgan fingerprint density at radius 3 is 2.38 bits per heavy atom. The number of rotatable bonds is 4. The van der Waals surface area contributed by atoms with Crippen LogP contribution in [0.2, 0.25) is 0 Å². The highest BCUT2D eigenvalue weighted by molar-refractivity contribution is 6.08. The van der Waals surface area contributed by atoms with Crippen molar-refractivity contribution >= 4 is 17.8 Å². The first-order valence-corrected chi connectivity index (χ1v) is 9.57. The minimum absolute atomic E-state index is 0.151. The van der Waals surface area contributed by atoms with Crippen LogP contribution in [0, 0.1) is 17.7 Å². The summed E-state index contributed by atoms with van der Waals surface area (Å²) in [5, 5.41) is 1.76. The lowest BCUT2D eigenvalue weighted by atomic mass is 9.75. The Kier molecular flexibility index (Phi) is 4.70. The minimum Gasteiger partial charge on any atom is -0.461 e. The molecule has 4 rings (SSSR count). The van der Waals surface area contributed by atoms with Crippen molar-refractivity contribution in [3.05, 3.63) is 71.5 Å². The van der Waals surface area contributed by atoms with Gasteiger partial charge in [0.1, 0.15) is 23.7 Å². The van der Waals surface area contributed by atoms with E-state index in [1.807, 2.05) is 6.07 Å². The van der Waals surface area contributed by atoms with E-state index < -0.39 is 41.1 Å². The minimum atomic E-state index is -1.39. The lowest BCUT2D eigenvalue weighted by Crippen LogP contribution is -2.96. The molecule has 0 aliphatic carbocycles. The first kappa shape index (κ1) is 19.3. The van der Waals surface area contributed by atoms with Crippen LogP contribution in [0.5, 0.6) is 0 Å². The largest absolute Gasteiger partial charge is 0.461 e. The van der Waals surface area contributed by atoms with Crippen LogP contribution in [0.4, 0.5) is 4.39 Å². The quantitative estimate of drug-likeness (QED) is 0.620. The summed E-state index contributed by atoms with van der Waals surface area (Å²) in [5.41, 5.74) is -0.104. The zero-order valence-corrected chi connectivity index (χ0v) is 16.2. The number of hydrogen-bond donors (Lipinski definition) is 1. The molecule has 2 saturated heterocycles. The van der Waals surface area contributed by atoms with Crippen LogP contribution in [0.25, 0.3) is 0 Å². The first-order chi connectivity index (χ1) is 13.9. The summed E-state index contributed by atoms with van der Waals surface area (Å²) in [7, 11) is 1.44. The van der Waals surface area contributed by atoms with Gasteiger partial charge >= 0.3 is 5.97 Å². The summed E-state index contributed by atoms with van der Waals surface area (Å²) in [6, 6.07) is 14.2. The van der Waals surface area contributed by atoms with Crippen LogP contribution in [0.1, 0.15) is 24.1 Å². The second-order valence-corrected chi connectivity index (χ2v) is 7.44. The van der Waals surface area contributed by atoms with Crippen LogP contribution in [-0.4, -0.2) is 36.3 Å². The molecule has 0 aromatic heterocycles. The van der Waals surface area contributed by atoms with Gasteiger partial charge in [-0.25, -0.2) is 9.18 Å². The monoisotopic (exact) mass is 397 g/mol. The molecule has 2 amide bonds. The van der Waals surface area contributed by atoms with E-state index in [0.29, 0.717) is 11.1 Å². The van der Waals surface area contributed by atoms with Gasteiger partial charge in [-0.3, -0.25) is 14.5 Å². The maximum atomic E-state index is 13.5. The van der Waals surface area contributed by atoms with Crippen LogP contribution in [0.15, 0.2) is 54.6 Å². The zero-order chi connectivity index (χ0) is 20.8. The Bertz CT molecular complexity index is 963. The molecule has 0 saturated carbocycles. The van der Waals surface area contributed by atoms with Crippen molar-refractivity contribution in [1.82, 2.24) is 4.90 Å². The molecule has 0 spiro atoms. The molecule has 2 heterocycles. The van der Waals surface area contributed by atoms with E-state index in [1.165, 1.54) is 19.2 Å². The highest BCUT2D eigenvalue weighted by atomic mass is 19.1. The van der Waals surface area contributed by atoms with E-state index in [4.69, 9.17) is 4.74 Å². The number of carbonyl (C=O) groups excluding carboxylic acids is 3. The number of fused-ring (bicyclic) bond motifs is 1. The first-order valence-electron chi connectivity index (χ1n) is 9.57. The SMILES string of the molecule is CCOC(=O)[C@]1(c2ccccc2)[NH2+][C@@H](c2ccc(F)cc2)[C@H]2C(=O)N(C)C(=O)[C@H]21. The molecule has 4 atom stereocenters. The second-order valence-electron chi connectivity index (χ2n) is 7.44. The van der Waals surface area contributed by atoms with E-state index in [2.05, 4.69) is 0 Å². The summed E-state index contributed by atoms with van der Waals surface area (Å²) < 4.78 is 18.9. The fourth-order valence-electron chi connectivity index (χ4n) is 4.71. The highest BCUT2D eigenvalue weighted by Gasteiger charge is 2.72. The summed E-state index contributed by atoms with van der Waals surface area (Å²) in [6.07, 6.45) is 0. The summed E-state index contributed by atoms with van der Waals surface area (Å²) in [6.45, 7) is 1.85. The van der Waals surface area contributed by atoms with Crippen LogP contribution in [-0.2, 0) is 24.7 Å². The topological polar surface area (TPSA) is 80.3 Å². The van der Waals surface area contributed by atoms with Gasteiger partial charge in [-0.1, -0.05) is 42.5 Å². The molecular formula is C22H22FN2O4+. The van der Waals surface area contributed by atoms with Crippen molar-refractivity contribution in [3.63, 3.8) is 0 Å². The number of nitrogens with two attached hydrogens (primary N) is 1. The number of carbonyl (C=O) groups is 3. The number of likely N-dealkylation sites (tertiary alicyclic amines) is 1. The molecule has 150 valence electrons. The third kappa shape index (κ3) is 2.76. The maximum Gasteiger partial charge on any atom is 0.373 e. The number of ether oxygens (including phenoxy) is 1. The standard InChI is InChI=1S/C22H21FN2O4/c1-3-29-21(28)22(14-7-5-4-6-8-14)17-16(19(26)25(2)20(17)27)18(24-22)13-9-11-15(23)12-10-13/h4-12,16-18,24H,3H2,1-2H3/p+1/t16-,17-,18-,22+/m0/s1. The molecule has 7 heteroatoms. The summed E-state index contributed by atoms with van der Waals surface area (Å²) in [5.74, 6) is -3.35. The van der Waals surface area contributed by atoms with Gasteiger partial charge in [0.15, 0.2) is 0 Å². The fourth-order valence-corrected chi connectivity index (χ4v) is 4.71. The zero-order valence-electron chi connectivity index (χ0n) is 16.2. The van der Waals surface area contributed by atoms with Crippen molar-refractivity contribution in [2.75, 3.05) is 13.7 Å². The highest BCUT2D eigenvalue weighted by Crippen LogP contribution is 2.48. The summed E-state index contributed by atoms with van der Waals surface area (Å²) in [4.78, 5) is 40.5. The van der Waals surface area contributed by atoms with Gasteiger partial charge < -0.3 is 10.1 Å². The number of hydrogen-bond acceptors (Lipinski definition) is 4.